The fourth-order valence-corrected chi connectivity index (χ4v) is 1.60. The molecule has 0 fully saturated rings. The number of hydrogen-bond acceptors (Lipinski definition) is 3. The first-order chi connectivity index (χ1) is 8.15. The Kier molecular flexibility index (Phi) is 3.28. The second kappa shape index (κ2) is 4.87. The molecular formula is C14H17N3. The summed E-state index contributed by atoms with van der Waals surface area (Å²) in [4.78, 5) is 4.37. The van der Waals surface area contributed by atoms with Gasteiger partial charge in [-0.15, -0.1) is 0 Å². The average molecular weight is 227 g/mol. The van der Waals surface area contributed by atoms with Crippen LogP contribution in [0.5, 0.6) is 0 Å². The summed E-state index contributed by atoms with van der Waals surface area (Å²) in [6.45, 7) is 4.77. The van der Waals surface area contributed by atoms with Crippen LogP contribution in [0.1, 0.15) is 16.8 Å². The van der Waals surface area contributed by atoms with Crippen molar-refractivity contribution in [1.82, 2.24) is 4.98 Å². The first-order valence-electron chi connectivity index (χ1n) is 5.68. The van der Waals surface area contributed by atoms with Gasteiger partial charge in [0.25, 0.3) is 0 Å². The molecule has 0 amide bonds. The maximum Gasteiger partial charge on any atom is 0.149 e. The second-order valence-corrected chi connectivity index (χ2v) is 4.23. The molecule has 2 rings (SSSR count). The molecule has 0 saturated heterocycles. The van der Waals surface area contributed by atoms with E-state index < -0.39 is 0 Å². The van der Waals surface area contributed by atoms with Crippen molar-refractivity contribution in [2.24, 2.45) is 0 Å². The molecule has 0 aliphatic rings. The number of hydrogen-bond donors (Lipinski definition) is 2. The lowest BCUT2D eigenvalue weighted by Gasteiger charge is -2.09. The van der Waals surface area contributed by atoms with Gasteiger partial charge in [0.1, 0.15) is 5.82 Å². The van der Waals surface area contributed by atoms with Gasteiger partial charge in [-0.05, 0) is 31.5 Å². The van der Waals surface area contributed by atoms with Crippen molar-refractivity contribution in [3.8, 4) is 0 Å². The average Bonchev–Trinajstić information content (AvgIpc) is 2.32. The number of nitrogens with one attached hydrogen (secondary N) is 1. The second-order valence-electron chi connectivity index (χ2n) is 4.23. The van der Waals surface area contributed by atoms with Crippen LogP contribution in [0, 0.1) is 13.8 Å². The molecule has 0 aliphatic carbocycles. The minimum absolute atomic E-state index is 0.683. The van der Waals surface area contributed by atoms with Crippen LogP contribution < -0.4 is 11.1 Å². The minimum Gasteiger partial charge on any atom is -0.396 e. The van der Waals surface area contributed by atoms with Crippen molar-refractivity contribution in [3.05, 3.63) is 53.2 Å². The summed E-state index contributed by atoms with van der Waals surface area (Å²) >= 11 is 0. The Morgan fingerprint density at radius 3 is 2.47 bits per heavy atom. The van der Waals surface area contributed by atoms with Crippen LogP contribution in [0.4, 0.5) is 11.5 Å². The van der Waals surface area contributed by atoms with E-state index in [4.69, 9.17) is 5.73 Å². The summed E-state index contributed by atoms with van der Waals surface area (Å²) in [7, 11) is 0. The smallest absolute Gasteiger partial charge is 0.149 e. The highest BCUT2D eigenvalue weighted by atomic mass is 15.0. The minimum atomic E-state index is 0.683. The topological polar surface area (TPSA) is 50.9 Å². The molecule has 1 heterocycles. The van der Waals surface area contributed by atoms with Crippen LogP contribution in [-0.4, -0.2) is 4.98 Å². The Balaban J connectivity index is 2.07. The summed E-state index contributed by atoms with van der Waals surface area (Å²) in [5.74, 6) is 0.755. The molecule has 1 aromatic carbocycles. The van der Waals surface area contributed by atoms with Crippen LogP contribution in [0.3, 0.4) is 0 Å². The van der Waals surface area contributed by atoms with Crippen molar-refractivity contribution < 1.29 is 0 Å². The predicted molar refractivity (Wildman–Crippen MR) is 71.9 cm³/mol. The van der Waals surface area contributed by atoms with Gasteiger partial charge < -0.3 is 11.1 Å². The Morgan fingerprint density at radius 1 is 1.06 bits per heavy atom. The lowest BCUT2D eigenvalue weighted by atomic mass is 10.1. The van der Waals surface area contributed by atoms with Crippen LogP contribution in [0.2, 0.25) is 0 Å². The van der Waals surface area contributed by atoms with Crippen LogP contribution in [0.15, 0.2) is 36.4 Å². The molecule has 88 valence electrons. The van der Waals surface area contributed by atoms with E-state index >= 15 is 0 Å². The van der Waals surface area contributed by atoms with E-state index in [0.717, 1.165) is 18.1 Å². The van der Waals surface area contributed by atoms with Gasteiger partial charge in [0.15, 0.2) is 0 Å². The number of nitrogens with zero attached hydrogens (tertiary/aromatic N) is 1. The third kappa shape index (κ3) is 2.97. The molecule has 0 unspecified atom stereocenters. The first-order valence-corrected chi connectivity index (χ1v) is 5.68. The molecule has 3 heteroatoms. The molecule has 2 aromatic rings. The number of benzene rings is 1. The molecule has 0 spiro atoms. The van der Waals surface area contributed by atoms with Crippen LogP contribution >= 0.6 is 0 Å². The Hall–Kier alpha value is -2.03. The van der Waals surface area contributed by atoms with E-state index in [-0.39, 0.29) is 0 Å². The van der Waals surface area contributed by atoms with Gasteiger partial charge >= 0.3 is 0 Å². The molecule has 17 heavy (non-hydrogen) atoms. The van der Waals surface area contributed by atoms with Gasteiger partial charge in [-0.25, -0.2) is 4.98 Å². The van der Waals surface area contributed by atoms with E-state index in [1.807, 2.05) is 19.1 Å². The lowest BCUT2D eigenvalue weighted by Crippen LogP contribution is -2.05. The fraction of sp³-hybridized carbons (Fsp3) is 0.214. The molecule has 1 aromatic heterocycles. The molecule has 0 saturated carbocycles. The maximum absolute atomic E-state index is 5.85. The van der Waals surface area contributed by atoms with Gasteiger partial charge in [-0.2, -0.15) is 0 Å². The van der Waals surface area contributed by atoms with Crippen LogP contribution in [-0.2, 0) is 6.54 Å². The monoisotopic (exact) mass is 227 g/mol. The normalized spacial score (nSPS) is 10.2. The maximum atomic E-state index is 5.85. The highest BCUT2D eigenvalue weighted by Crippen LogP contribution is 2.16. The zero-order valence-electron chi connectivity index (χ0n) is 10.2. The summed E-state index contributed by atoms with van der Waals surface area (Å²) in [6.07, 6.45) is 0. The molecule has 3 nitrogen and oxygen atoms in total. The Bertz CT molecular complexity index is 503. The zero-order chi connectivity index (χ0) is 12.3. The lowest BCUT2D eigenvalue weighted by molar-refractivity contribution is 1.09. The van der Waals surface area contributed by atoms with E-state index in [2.05, 4.69) is 41.5 Å². The van der Waals surface area contributed by atoms with Gasteiger partial charge in [-0.3, -0.25) is 0 Å². The Labute approximate surface area is 102 Å². The zero-order valence-corrected chi connectivity index (χ0v) is 10.2. The summed E-state index contributed by atoms with van der Waals surface area (Å²) in [5, 5.41) is 3.25. The standard InChI is InChI=1S/C14H17N3/c1-10-3-6-12(7-4-10)9-16-14-13(15)8-5-11(2)17-14/h3-8H,9,15H2,1-2H3,(H,16,17). The van der Waals surface area contributed by atoms with Crippen molar-refractivity contribution in [2.45, 2.75) is 20.4 Å². The van der Waals surface area contributed by atoms with Gasteiger partial charge in [0, 0.05) is 12.2 Å². The third-order valence-electron chi connectivity index (χ3n) is 2.65. The number of pyridine rings is 1. The predicted octanol–water partition coefficient (Wildman–Crippen LogP) is 2.89. The highest BCUT2D eigenvalue weighted by molar-refractivity contribution is 5.61. The first kappa shape index (κ1) is 11.5. The molecule has 0 aliphatic heterocycles. The molecule has 0 radical (unpaired) electrons. The Morgan fingerprint density at radius 2 is 1.76 bits per heavy atom. The van der Waals surface area contributed by atoms with Crippen molar-refractivity contribution in [1.29, 1.82) is 0 Å². The number of nitrogens with two attached hydrogens (primary N) is 1. The molecule has 0 bridgehead atoms. The fourth-order valence-electron chi connectivity index (χ4n) is 1.60. The highest BCUT2D eigenvalue weighted by Gasteiger charge is 2.00. The van der Waals surface area contributed by atoms with Gasteiger partial charge in [0.2, 0.25) is 0 Å². The van der Waals surface area contributed by atoms with Gasteiger partial charge in [0.05, 0.1) is 5.69 Å². The molecule has 3 N–H and O–H groups in total. The summed E-state index contributed by atoms with van der Waals surface area (Å²) in [6, 6.07) is 12.2. The quantitative estimate of drug-likeness (QED) is 0.847. The van der Waals surface area contributed by atoms with Crippen LogP contribution in [0.25, 0.3) is 0 Å². The number of aryl methyl sites for hydroxylation is 2. The number of anilines is 2. The SMILES string of the molecule is Cc1ccc(CNc2nc(C)ccc2N)cc1. The van der Waals surface area contributed by atoms with Gasteiger partial charge in [-0.1, -0.05) is 29.8 Å². The van der Waals surface area contributed by atoms with Crippen molar-refractivity contribution in [3.63, 3.8) is 0 Å². The van der Waals surface area contributed by atoms with Crippen molar-refractivity contribution in [2.75, 3.05) is 11.1 Å². The van der Waals surface area contributed by atoms with Crippen molar-refractivity contribution >= 4 is 11.5 Å². The summed E-state index contributed by atoms with van der Waals surface area (Å²) < 4.78 is 0. The summed E-state index contributed by atoms with van der Waals surface area (Å²) in [5.41, 5.74) is 9.99. The number of rotatable bonds is 3. The third-order valence-corrected chi connectivity index (χ3v) is 2.65. The van der Waals surface area contributed by atoms with E-state index in [1.54, 1.807) is 0 Å². The molecule has 0 atom stereocenters. The number of aromatic nitrogens is 1. The molecular weight excluding hydrogens is 210 g/mol. The largest absolute Gasteiger partial charge is 0.396 e. The van der Waals surface area contributed by atoms with E-state index in [9.17, 15) is 0 Å². The van der Waals surface area contributed by atoms with E-state index in [0.29, 0.717) is 5.69 Å². The number of nitrogen functional groups attached to an aromatic ring is 1. The van der Waals surface area contributed by atoms with E-state index in [1.165, 1.54) is 11.1 Å².